The summed E-state index contributed by atoms with van der Waals surface area (Å²) in [6.07, 6.45) is 0.897. The van der Waals surface area contributed by atoms with Crippen LogP contribution in [0.1, 0.15) is 23.2 Å². The van der Waals surface area contributed by atoms with E-state index in [9.17, 15) is 4.79 Å². The first-order valence-corrected chi connectivity index (χ1v) is 5.37. The van der Waals surface area contributed by atoms with Crippen LogP contribution in [-0.2, 0) is 18.2 Å². The summed E-state index contributed by atoms with van der Waals surface area (Å²) in [7, 11) is 3.20. The van der Waals surface area contributed by atoms with Crippen LogP contribution in [0.2, 0.25) is 0 Å². The molecule has 0 saturated carbocycles. The molecule has 17 heavy (non-hydrogen) atoms. The smallest absolute Gasteiger partial charge is 0.373 e. The molecule has 2 heterocycles. The van der Waals surface area contributed by atoms with Crippen LogP contribution in [-0.4, -0.2) is 22.9 Å². The van der Waals surface area contributed by atoms with E-state index in [0.29, 0.717) is 5.76 Å². The van der Waals surface area contributed by atoms with Crippen LogP contribution in [0.4, 0.5) is 0 Å². The Labute approximate surface area is 99.0 Å². The second-order valence-corrected chi connectivity index (χ2v) is 3.65. The highest BCUT2D eigenvalue weighted by molar-refractivity contribution is 5.86. The first-order valence-electron chi connectivity index (χ1n) is 5.37. The Morgan fingerprint density at radius 2 is 2.29 bits per heavy atom. The molecule has 0 bridgehead atoms. The molecule has 5 nitrogen and oxygen atoms in total. The molecule has 2 aromatic rings. The Kier molecular flexibility index (Phi) is 2.99. The summed E-state index contributed by atoms with van der Waals surface area (Å²) in [5.41, 5.74) is 1.83. The van der Waals surface area contributed by atoms with Crippen molar-refractivity contribution in [3.05, 3.63) is 29.7 Å². The summed E-state index contributed by atoms with van der Waals surface area (Å²) < 4.78 is 11.8. The lowest BCUT2D eigenvalue weighted by Gasteiger charge is -1.93. The summed E-state index contributed by atoms with van der Waals surface area (Å²) in [4.78, 5) is 11.2. The molecule has 0 radical (unpaired) electrons. The summed E-state index contributed by atoms with van der Waals surface area (Å²) in [5.74, 6) is 0.273. The molecule has 0 aliphatic rings. The topological polar surface area (TPSA) is 57.3 Å². The van der Waals surface area contributed by atoms with E-state index >= 15 is 0 Å². The Morgan fingerprint density at radius 1 is 1.53 bits per heavy atom. The van der Waals surface area contributed by atoms with Crippen molar-refractivity contribution < 1.29 is 13.9 Å². The monoisotopic (exact) mass is 234 g/mol. The molecule has 90 valence electrons. The van der Waals surface area contributed by atoms with Crippen LogP contribution < -0.4 is 0 Å². The van der Waals surface area contributed by atoms with Gasteiger partial charge in [0.05, 0.1) is 7.11 Å². The highest BCUT2D eigenvalue weighted by Crippen LogP contribution is 2.22. The molecule has 0 spiro atoms. The minimum atomic E-state index is -0.483. The van der Waals surface area contributed by atoms with Crippen molar-refractivity contribution in [3.8, 4) is 11.5 Å². The van der Waals surface area contributed by atoms with Crippen LogP contribution in [0, 0.1) is 0 Å². The van der Waals surface area contributed by atoms with Crippen molar-refractivity contribution in [3.63, 3.8) is 0 Å². The lowest BCUT2D eigenvalue weighted by molar-refractivity contribution is 0.0566. The molecule has 0 N–H and O–H groups in total. The summed E-state index contributed by atoms with van der Waals surface area (Å²) in [5, 5.41) is 4.32. The number of ether oxygens (including phenoxy) is 1. The minimum Gasteiger partial charge on any atom is -0.463 e. The highest BCUT2D eigenvalue weighted by atomic mass is 16.5. The van der Waals surface area contributed by atoms with E-state index in [1.54, 1.807) is 16.8 Å². The second-order valence-electron chi connectivity index (χ2n) is 3.65. The standard InChI is InChI=1S/C12H14N2O3/c1-4-8-7-9(13-14(8)2)10-5-6-11(17-10)12(15)16-3/h5-7H,4H2,1-3H3. The van der Waals surface area contributed by atoms with Gasteiger partial charge in [-0.2, -0.15) is 5.10 Å². The molecule has 0 amide bonds. The molecule has 0 unspecified atom stereocenters. The maximum atomic E-state index is 11.2. The van der Waals surface area contributed by atoms with Gasteiger partial charge in [-0.05, 0) is 24.6 Å². The van der Waals surface area contributed by atoms with Gasteiger partial charge in [-0.15, -0.1) is 0 Å². The number of aromatic nitrogens is 2. The van der Waals surface area contributed by atoms with Crippen molar-refractivity contribution in [2.24, 2.45) is 7.05 Å². The Morgan fingerprint density at radius 3 is 2.88 bits per heavy atom. The Balaban J connectivity index is 2.33. The molecule has 2 rings (SSSR count). The lowest BCUT2D eigenvalue weighted by Crippen LogP contribution is -1.98. The third kappa shape index (κ3) is 2.08. The molecular weight excluding hydrogens is 220 g/mol. The number of methoxy groups -OCH3 is 1. The average Bonchev–Trinajstić information content (AvgIpc) is 2.94. The summed E-state index contributed by atoms with van der Waals surface area (Å²) >= 11 is 0. The van der Waals surface area contributed by atoms with Crippen molar-refractivity contribution in [2.75, 3.05) is 7.11 Å². The zero-order valence-electron chi connectivity index (χ0n) is 10.1. The van der Waals surface area contributed by atoms with Gasteiger partial charge in [0.1, 0.15) is 5.69 Å². The fraction of sp³-hybridized carbons (Fsp3) is 0.333. The van der Waals surface area contributed by atoms with Crippen molar-refractivity contribution >= 4 is 5.97 Å². The van der Waals surface area contributed by atoms with Gasteiger partial charge in [0.2, 0.25) is 5.76 Å². The molecule has 0 aliphatic carbocycles. The van der Waals surface area contributed by atoms with E-state index in [2.05, 4.69) is 16.8 Å². The number of rotatable bonds is 3. The molecule has 2 aromatic heterocycles. The Bertz CT molecular complexity index is 540. The van der Waals surface area contributed by atoms with Crippen molar-refractivity contribution in [2.45, 2.75) is 13.3 Å². The molecule has 5 heteroatoms. The molecule has 0 atom stereocenters. The van der Waals surface area contributed by atoms with Crippen molar-refractivity contribution in [1.82, 2.24) is 9.78 Å². The number of carbonyl (C=O) groups is 1. The summed E-state index contributed by atoms with van der Waals surface area (Å²) in [6.45, 7) is 2.06. The quantitative estimate of drug-likeness (QED) is 0.762. The second kappa shape index (κ2) is 4.45. The molecule has 0 aliphatic heterocycles. The molecule has 0 saturated heterocycles. The fourth-order valence-electron chi connectivity index (χ4n) is 1.64. The zero-order chi connectivity index (χ0) is 12.4. The fourth-order valence-corrected chi connectivity index (χ4v) is 1.64. The summed E-state index contributed by atoms with van der Waals surface area (Å²) in [6, 6.07) is 5.25. The largest absolute Gasteiger partial charge is 0.463 e. The van der Waals surface area contributed by atoms with Gasteiger partial charge in [0.15, 0.2) is 5.76 Å². The highest BCUT2D eigenvalue weighted by Gasteiger charge is 2.14. The van der Waals surface area contributed by atoms with Gasteiger partial charge in [-0.1, -0.05) is 6.92 Å². The number of furan rings is 1. The van der Waals surface area contributed by atoms with Crippen LogP contribution in [0.25, 0.3) is 11.5 Å². The van der Waals surface area contributed by atoms with E-state index < -0.39 is 5.97 Å². The number of nitrogens with zero attached hydrogens (tertiary/aromatic N) is 2. The van der Waals surface area contributed by atoms with Gasteiger partial charge in [0.25, 0.3) is 0 Å². The van der Waals surface area contributed by atoms with Crippen LogP contribution in [0.5, 0.6) is 0 Å². The molecular formula is C12H14N2O3. The predicted molar refractivity (Wildman–Crippen MR) is 61.6 cm³/mol. The van der Waals surface area contributed by atoms with Gasteiger partial charge >= 0.3 is 5.97 Å². The minimum absolute atomic E-state index is 0.186. The number of carbonyl (C=O) groups excluding carboxylic acids is 1. The van der Waals surface area contributed by atoms with E-state index in [4.69, 9.17) is 4.42 Å². The number of hydrogen-bond acceptors (Lipinski definition) is 4. The molecule has 0 fully saturated rings. The zero-order valence-corrected chi connectivity index (χ0v) is 10.1. The van der Waals surface area contributed by atoms with E-state index in [1.165, 1.54) is 7.11 Å². The van der Waals surface area contributed by atoms with E-state index in [1.807, 2.05) is 13.1 Å². The SMILES string of the molecule is CCc1cc(-c2ccc(C(=O)OC)o2)nn1C. The number of esters is 1. The maximum Gasteiger partial charge on any atom is 0.373 e. The molecule has 0 aromatic carbocycles. The number of aryl methyl sites for hydroxylation is 2. The Hall–Kier alpha value is -2.04. The van der Waals surface area contributed by atoms with Crippen molar-refractivity contribution in [1.29, 1.82) is 0 Å². The third-order valence-corrected chi connectivity index (χ3v) is 2.58. The average molecular weight is 234 g/mol. The predicted octanol–water partition coefficient (Wildman–Crippen LogP) is 2.03. The van der Waals surface area contributed by atoms with Gasteiger partial charge in [-0.3, -0.25) is 4.68 Å². The maximum absolute atomic E-state index is 11.2. The van der Waals surface area contributed by atoms with Crippen LogP contribution >= 0.6 is 0 Å². The first kappa shape index (κ1) is 11.4. The van der Waals surface area contributed by atoms with Crippen LogP contribution in [0.15, 0.2) is 22.6 Å². The third-order valence-electron chi connectivity index (χ3n) is 2.58. The van der Waals surface area contributed by atoms with Gasteiger partial charge in [-0.25, -0.2) is 4.79 Å². The van der Waals surface area contributed by atoms with E-state index in [-0.39, 0.29) is 5.76 Å². The van der Waals surface area contributed by atoms with E-state index in [0.717, 1.165) is 17.8 Å². The normalized spacial score (nSPS) is 10.5. The first-order chi connectivity index (χ1) is 8.15. The van der Waals surface area contributed by atoms with Gasteiger partial charge < -0.3 is 9.15 Å². The van der Waals surface area contributed by atoms with Gasteiger partial charge in [0, 0.05) is 12.7 Å². The lowest BCUT2D eigenvalue weighted by atomic mass is 10.2. The van der Waals surface area contributed by atoms with Crippen LogP contribution in [0.3, 0.4) is 0 Å². The number of hydrogen-bond donors (Lipinski definition) is 0.